The summed E-state index contributed by atoms with van der Waals surface area (Å²) in [6.07, 6.45) is 0. The Kier molecular flexibility index (Phi) is 3.15. The number of hydrogen-bond donors (Lipinski definition) is 2. The standard InChI is InChI=1S/C14H15N3O3/c1-8-15-13-7-20-6-12(13)14(16-8)17-9-3-10(18)5-11(4-9)19-2/h3-5,18H,6-7H2,1-2H3,(H,15,16,17). The molecular formula is C14H15N3O3. The highest BCUT2D eigenvalue weighted by Crippen LogP contribution is 2.30. The lowest BCUT2D eigenvalue weighted by Gasteiger charge is -2.11. The van der Waals surface area contributed by atoms with Gasteiger partial charge >= 0.3 is 0 Å². The minimum Gasteiger partial charge on any atom is -0.508 e. The number of anilines is 2. The fraction of sp³-hybridized carbons (Fsp3) is 0.286. The van der Waals surface area contributed by atoms with E-state index in [2.05, 4.69) is 15.3 Å². The Morgan fingerprint density at radius 2 is 2.10 bits per heavy atom. The molecule has 0 fully saturated rings. The van der Waals surface area contributed by atoms with Crippen molar-refractivity contribution in [1.29, 1.82) is 0 Å². The highest BCUT2D eigenvalue weighted by molar-refractivity contribution is 5.64. The molecule has 20 heavy (non-hydrogen) atoms. The Balaban J connectivity index is 1.97. The van der Waals surface area contributed by atoms with Crippen LogP contribution < -0.4 is 10.1 Å². The molecule has 0 amide bonds. The first-order valence-corrected chi connectivity index (χ1v) is 6.25. The van der Waals surface area contributed by atoms with E-state index in [1.165, 1.54) is 0 Å². The summed E-state index contributed by atoms with van der Waals surface area (Å²) in [5.74, 6) is 2.10. The van der Waals surface area contributed by atoms with Crippen molar-refractivity contribution in [2.75, 3.05) is 12.4 Å². The summed E-state index contributed by atoms with van der Waals surface area (Å²) >= 11 is 0. The van der Waals surface area contributed by atoms with Gasteiger partial charge in [0.2, 0.25) is 0 Å². The van der Waals surface area contributed by atoms with Gasteiger partial charge in [-0.25, -0.2) is 9.97 Å². The fourth-order valence-corrected chi connectivity index (χ4v) is 2.19. The zero-order chi connectivity index (χ0) is 14.1. The molecule has 1 aliphatic rings. The molecule has 2 aromatic rings. The molecule has 0 aliphatic carbocycles. The normalized spacial score (nSPS) is 13.1. The van der Waals surface area contributed by atoms with Gasteiger partial charge in [-0.15, -0.1) is 0 Å². The number of rotatable bonds is 3. The molecular weight excluding hydrogens is 258 g/mol. The number of fused-ring (bicyclic) bond motifs is 1. The number of methoxy groups -OCH3 is 1. The Morgan fingerprint density at radius 1 is 1.25 bits per heavy atom. The molecule has 0 saturated carbocycles. The van der Waals surface area contributed by atoms with E-state index in [4.69, 9.17) is 9.47 Å². The van der Waals surface area contributed by atoms with Gasteiger partial charge in [0.1, 0.15) is 23.1 Å². The van der Waals surface area contributed by atoms with E-state index in [0.29, 0.717) is 36.3 Å². The van der Waals surface area contributed by atoms with Crippen LogP contribution in [-0.4, -0.2) is 22.2 Å². The van der Waals surface area contributed by atoms with Crippen LogP contribution in [0, 0.1) is 6.92 Å². The summed E-state index contributed by atoms with van der Waals surface area (Å²) in [5, 5.41) is 12.9. The second kappa shape index (κ2) is 4.97. The van der Waals surface area contributed by atoms with Gasteiger partial charge in [0.25, 0.3) is 0 Å². The maximum atomic E-state index is 9.67. The smallest absolute Gasteiger partial charge is 0.140 e. The molecule has 0 radical (unpaired) electrons. The summed E-state index contributed by atoms with van der Waals surface area (Å²) in [4.78, 5) is 8.76. The van der Waals surface area contributed by atoms with E-state index in [1.54, 1.807) is 25.3 Å². The van der Waals surface area contributed by atoms with E-state index in [9.17, 15) is 5.11 Å². The van der Waals surface area contributed by atoms with Crippen molar-refractivity contribution in [3.63, 3.8) is 0 Å². The van der Waals surface area contributed by atoms with Gasteiger partial charge in [0.05, 0.1) is 26.0 Å². The van der Waals surface area contributed by atoms with Gasteiger partial charge in [-0.1, -0.05) is 0 Å². The third-order valence-electron chi connectivity index (χ3n) is 3.08. The molecule has 6 nitrogen and oxygen atoms in total. The highest BCUT2D eigenvalue weighted by atomic mass is 16.5. The molecule has 3 rings (SSSR count). The highest BCUT2D eigenvalue weighted by Gasteiger charge is 2.19. The second-order valence-electron chi connectivity index (χ2n) is 4.58. The molecule has 1 aromatic carbocycles. The van der Waals surface area contributed by atoms with Crippen molar-refractivity contribution in [3.05, 3.63) is 35.3 Å². The quantitative estimate of drug-likeness (QED) is 0.893. The lowest BCUT2D eigenvalue weighted by Crippen LogP contribution is -2.03. The van der Waals surface area contributed by atoms with Crippen LogP contribution in [0.4, 0.5) is 11.5 Å². The summed E-state index contributed by atoms with van der Waals surface area (Å²) in [6.45, 7) is 2.84. The number of aryl methyl sites for hydroxylation is 1. The van der Waals surface area contributed by atoms with Gasteiger partial charge in [-0.05, 0) is 6.92 Å². The summed E-state index contributed by atoms with van der Waals surface area (Å²) in [6, 6.07) is 4.95. The van der Waals surface area contributed by atoms with Crippen LogP contribution in [0.15, 0.2) is 18.2 Å². The SMILES string of the molecule is COc1cc(O)cc(Nc2nc(C)nc3c2COC3)c1. The average Bonchev–Trinajstić information content (AvgIpc) is 2.86. The van der Waals surface area contributed by atoms with Crippen molar-refractivity contribution < 1.29 is 14.6 Å². The van der Waals surface area contributed by atoms with E-state index in [1.807, 2.05) is 6.92 Å². The monoisotopic (exact) mass is 273 g/mol. The van der Waals surface area contributed by atoms with E-state index in [-0.39, 0.29) is 5.75 Å². The first-order chi connectivity index (χ1) is 9.65. The molecule has 1 aromatic heterocycles. The molecule has 2 heterocycles. The van der Waals surface area contributed by atoms with Crippen molar-refractivity contribution >= 4 is 11.5 Å². The minimum absolute atomic E-state index is 0.130. The van der Waals surface area contributed by atoms with Crippen molar-refractivity contribution in [2.45, 2.75) is 20.1 Å². The largest absolute Gasteiger partial charge is 0.508 e. The number of phenolic OH excluding ortho intramolecular Hbond substituents is 1. The van der Waals surface area contributed by atoms with E-state index >= 15 is 0 Å². The van der Waals surface area contributed by atoms with Gasteiger partial charge < -0.3 is 19.9 Å². The lowest BCUT2D eigenvalue weighted by atomic mass is 10.2. The van der Waals surface area contributed by atoms with Crippen LogP contribution in [0.1, 0.15) is 17.1 Å². The number of nitrogens with one attached hydrogen (secondary N) is 1. The molecule has 1 aliphatic heterocycles. The lowest BCUT2D eigenvalue weighted by molar-refractivity contribution is 0.133. The third kappa shape index (κ3) is 2.37. The van der Waals surface area contributed by atoms with Crippen LogP contribution in [0.3, 0.4) is 0 Å². The van der Waals surface area contributed by atoms with Gasteiger partial charge in [0, 0.05) is 29.4 Å². The summed E-state index contributed by atoms with van der Waals surface area (Å²) < 4.78 is 10.5. The molecule has 0 saturated heterocycles. The Bertz CT molecular complexity index is 658. The minimum atomic E-state index is 0.130. The van der Waals surface area contributed by atoms with Gasteiger partial charge in [-0.3, -0.25) is 0 Å². The number of hydrogen-bond acceptors (Lipinski definition) is 6. The predicted octanol–water partition coefficient (Wildman–Crippen LogP) is 2.27. The van der Waals surface area contributed by atoms with Crippen molar-refractivity contribution in [1.82, 2.24) is 9.97 Å². The predicted molar refractivity (Wildman–Crippen MR) is 73.2 cm³/mol. The fourth-order valence-electron chi connectivity index (χ4n) is 2.19. The topological polar surface area (TPSA) is 76.5 Å². The molecule has 104 valence electrons. The number of ether oxygens (including phenoxy) is 2. The first kappa shape index (κ1) is 12.7. The average molecular weight is 273 g/mol. The molecule has 0 atom stereocenters. The molecule has 0 bridgehead atoms. The number of phenols is 1. The number of nitrogens with zero attached hydrogens (tertiary/aromatic N) is 2. The van der Waals surface area contributed by atoms with E-state index in [0.717, 1.165) is 11.3 Å². The Hall–Kier alpha value is -2.34. The maximum absolute atomic E-state index is 9.67. The molecule has 6 heteroatoms. The van der Waals surface area contributed by atoms with Crippen LogP contribution in [0.2, 0.25) is 0 Å². The van der Waals surface area contributed by atoms with Crippen LogP contribution in [0.5, 0.6) is 11.5 Å². The zero-order valence-corrected chi connectivity index (χ0v) is 11.3. The first-order valence-electron chi connectivity index (χ1n) is 6.25. The third-order valence-corrected chi connectivity index (χ3v) is 3.08. The Labute approximate surface area is 116 Å². The number of benzene rings is 1. The van der Waals surface area contributed by atoms with E-state index < -0.39 is 0 Å². The van der Waals surface area contributed by atoms with Gasteiger partial charge in [0.15, 0.2) is 0 Å². The molecule has 0 spiro atoms. The number of aromatic hydroxyl groups is 1. The molecule has 2 N–H and O–H groups in total. The molecule has 0 unspecified atom stereocenters. The van der Waals surface area contributed by atoms with Gasteiger partial charge in [-0.2, -0.15) is 0 Å². The Morgan fingerprint density at radius 3 is 2.90 bits per heavy atom. The second-order valence-corrected chi connectivity index (χ2v) is 4.58. The van der Waals surface area contributed by atoms with Crippen molar-refractivity contribution in [2.24, 2.45) is 0 Å². The van der Waals surface area contributed by atoms with Crippen LogP contribution in [-0.2, 0) is 18.0 Å². The summed E-state index contributed by atoms with van der Waals surface area (Å²) in [5.41, 5.74) is 2.57. The van der Waals surface area contributed by atoms with Crippen LogP contribution in [0.25, 0.3) is 0 Å². The number of aromatic nitrogens is 2. The van der Waals surface area contributed by atoms with Crippen LogP contribution >= 0.6 is 0 Å². The maximum Gasteiger partial charge on any atom is 0.140 e. The zero-order valence-electron chi connectivity index (χ0n) is 11.3. The summed E-state index contributed by atoms with van der Waals surface area (Å²) in [7, 11) is 1.55. The van der Waals surface area contributed by atoms with Crippen molar-refractivity contribution in [3.8, 4) is 11.5 Å².